The molecular weight excluding hydrogens is 1000 g/mol. The van der Waals surface area contributed by atoms with Crippen molar-refractivity contribution in [2.75, 3.05) is 13.2 Å². The first kappa shape index (κ1) is 78.6. The van der Waals surface area contributed by atoms with Crippen molar-refractivity contribution in [3.63, 3.8) is 0 Å². The summed E-state index contributed by atoms with van der Waals surface area (Å²) in [7, 11) is 0. The van der Waals surface area contributed by atoms with E-state index in [0.717, 1.165) is 96.3 Å². The van der Waals surface area contributed by atoms with Gasteiger partial charge in [0.25, 0.3) is 0 Å². The molecule has 5 heteroatoms. The van der Waals surface area contributed by atoms with E-state index >= 15 is 0 Å². The smallest absolute Gasteiger partial charge is 0.306 e. The Kier molecular flexibility index (Phi) is 68.8. The Labute approximate surface area is 510 Å². The first-order valence-corrected chi connectivity index (χ1v) is 35.4. The molecule has 0 aliphatic rings. The summed E-state index contributed by atoms with van der Waals surface area (Å²) in [5.74, 6) is -0.577. The third kappa shape index (κ3) is 69.1. The second-order valence-corrected chi connectivity index (χ2v) is 23.6. The van der Waals surface area contributed by atoms with Gasteiger partial charge in [-0.15, -0.1) is 0 Å². The van der Waals surface area contributed by atoms with Gasteiger partial charge in [0, 0.05) is 12.8 Å². The van der Waals surface area contributed by atoms with Gasteiger partial charge in [0.05, 0.1) is 6.61 Å². The third-order valence-electron chi connectivity index (χ3n) is 15.6. The molecule has 1 atom stereocenters. The molecule has 472 valence electrons. The summed E-state index contributed by atoms with van der Waals surface area (Å²) in [6, 6.07) is 0. The minimum Gasteiger partial charge on any atom is -0.462 e. The second kappa shape index (κ2) is 71.8. The molecule has 0 aromatic rings. The number of aliphatic hydroxyl groups excluding tert-OH is 1. The van der Waals surface area contributed by atoms with Gasteiger partial charge in [-0.2, -0.15) is 0 Å². The quantitative estimate of drug-likeness (QED) is 0.0373. The Morgan fingerprint density at radius 2 is 0.488 bits per heavy atom. The van der Waals surface area contributed by atoms with Gasteiger partial charge in [-0.3, -0.25) is 9.59 Å². The third-order valence-corrected chi connectivity index (χ3v) is 15.6. The van der Waals surface area contributed by atoms with Gasteiger partial charge in [-0.25, -0.2) is 0 Å². The van der Waals surface area contributed by atoms with Gasteiger partial charge >= 0.3 is 11.9 Å². The van der Waals surface area contributed by atoms with Crippen LogP contribution < -0.4 is 0 Å². The summed E-state index contributed by atoms with van der Waals surface area (Å²) < 4.78 is 10.8. The lowest BCUT2D eigenvalue weighted by Gasteiger charge is -2.15. The van der Waals surface area contributed by atoms with Gasteiger partial charge in [0.2, 0.25) is 0 Å². The second-order valence-electron chi connectivity index (χ2n) is 23.6. The summed E-state index contributed by atoms with van der Waals surface area (Å²) >= 11 is 0. The number of hydrogen-bond donors (Lipinski definition) is 1. The maximum Gasteiger partial charge on any atom is 0.306 e. The largest absolute Gasteiger partial charge is 0.462 e. The van der Waals surface area contributed by atoms with Crippen molar-refractivity contribution in [2.24, 2.45) is 0 Å². The number of rotatable bonds is 65. The molecule has 0 bridgehead atoms. The highest BCUT2D eigenvalue weighted by Crippen LogP contribution is 2.18. The van der Waals surface area contributed by atoms with E-state index in [1.165, 1.54) is 225 Å². The van der Waals surface area contributed by atoms with Gasteiger partial charge in [0.1, 0.15) is 6.61 Å². The van der Waals surface area contributed by atoms with Crippen LogP contribution in [0.15, 0.2) is 109 Å². The maximum absolute atomic E-state index is 12.4. The van der Waals surface area contributed by atoms with Crippen molar-refractivity contribution < 1.29 is 24.2 Å². The molecule has 0 aromatic heterocycles. The SMILES string of the molecule is CC/C=C\C/C=C\C/C=C\C/C=C\C/C=C\CCCCCCCCCCCCCCCCCC(=O)OC(CO)COC(=O)CCCCCCCCCCCCCCCCCCCCCCCCCC/C=C\C/C=C\C/C=C\C/C=C\CC. The zero-order chi connectivity index (χ0) is 59.1. The lowest BCUT2D eigenvalue weighted by Crippen LogP contribution is -2.28. The van der Waals surface area contributed by atoms with Crippen molar-refractivity contribution in [1.29, 1.82) is 0 Å². The molecule has 0 aromatic carbocycles. The van der Waals surface area contributed by atoms with Crippen LogP contribution in [0.25, 0.3) is 0 Å². The van der Waals surface area contributed by atoms with E-state index in [9.17, 15) is 14.7 Å². The van der Waals surface area contributed by atoms with E-state index in [4.69, 9.17) is 9.47 Å². The molecule has 0 heterocycles. The van der Waals surface area contributed by atoms with E-state index < -0.39 is 6.10 Å². The number of carbonyl (C=O) groups excluding carboxylic acids is 2. The van der Waals surface area contributed by atoms with Crippen LogP contribution in [0.3, 0.4) is 0 Å². The molecule has 82 heavy (non-hydrogen) atoms. The van der Waals surface area contributed by atoms with Crippen molar-refractivity contribution in [3.8, 4) is 0 Å². The lowest BCUT2D eigenvalue weighted by molar-refractivity contribution is -0.161. The van der Waals surface area contributed by atoms with Gasteiger partial charge in [-0.1, -0.05) is 348 Å². The monoisotopic (exact) mass is 1140 g/mol. The van der Waals surface area contributed by atoms with E-state index in [2.05, 4.69) is 123 Å². The minimum absolute atomic E-state index is 0.0651. The van der Waals surface area contributed by atoms with Crippen LogP contribution in [0, 0.1) is 0 Å². The normalized spacial score (nSPS) is 12.9. The molecule has 0 spiro atoms. The molecule has 1 N–H and O–H groups in total. The van der Waals surface area contributed by atoms with E-state index in [1.807, 2.05) is 0 Å². The molecule has 0 rings (SSSR count). The fourth-order valence-electron chi connectivity index (χ4n) is 10.3. The zero-order valence-electron chi connectivity index (χ0n) is 54.2. The Hall–Kier alpha value is -3.44. The number of esters is 2. The predicted octanol–water partition coefficient (Wildman–Crippen LogP) is 24.8. The average molecular weight is 1140 g/mol. The Morgan fingerprint density at radius 1 is 0.280 bits per heavy atom. The number of ether oxygens (including phenoxy) is 2. The molecule has 0 aliphatic carbocycles. The fraction of sp³-hybridized carbons (Fsp3) is 0.740. The highest BCUT2D eigenvalue weighted by molar-refractivity contribution is 5.70. The fourth-order valence-corrected chi connectivity index (χ4v) is 10.3. The number of unbranched alkanes of at least 4 members (excludes halogenated alkanes) is 39. The minimum atomic E-state index is -0.776. The number of hydrogen-bond acceptors (Lipinski definition) is 5. The molecule has 1 unspecified atom stereocenters. The summed E-state index contributed by atoms with van der Waals surface area (Å²) in [6.07, 6.45) is 104. The zero-order valence-corrected chi connectivity index (χ0v) is 54.2. The van der Waals surface area contributed by atoms with Crippen LogP contribution in [0.5, 0.6) is 0 Å². The van der Waals surface area contributed by atoms with Crippen LogP contribution in [-0.2, 0) is 19.1 Å². The van der Waals surface area contributed by atoms with Gasteiger partial charge < -0.3 is 14.6 Å². The van der Waals surface area contributed by atoms with Crippen molar-refractivity contribution in [3.05, 3.63) is 109 Å². The Morgan fingerprint density at radius 3 is 0.732 bits per heavy atom. The average Bonchev–Trinajstić information content (AvgIpc) is 3.49. The molecule has 0 saturated carbocycles. The van der Waals surface area contributed by atoms with Crippen molar-refractivity contribution in [2.45, 2.75) is 354 Å². The predicted molar refractivity (Wildman–Crippen MR) is 362 cm³/mol. The maximum atomic E-state index is 12.4. The lowest BCUT2D eigenvalue weighted by atomic mass is 10.0. The molecule has 0 saturated heterocycles. The van der Waals surface area contributed by atoms with E-state index in [1.54, 1.807) is 0 Å². The van der Waals surface area contributed by atoms with Crippen LogP contribution in [0.1, 0.15) is 348 Å². The van der Waals surface area contributed by atoms with E-state index in [0.29, 0.717) is 12.8 Å². The summed E-state index contributed by atoms with van der Waals surface area (Å²) in [5, 5.41) is 9.71. The van der Waals surface area contributed by atoms with E-state index in [-0.39, 0.29) is 25.2 Å². The highest BCUT2D eigenvalue weighted by Gasteiger charge is 2.16. The van der Waals surface area contributed by atoms with Gasteiger partial charge in [-0.05, 0) is 96.3 Å². The van der Waals surface area contributed by atoms with Gasteiger partial charge in [0.15, 0.2) is 6.10 Å². The van der Waals surface area contributed by atoms with Crippen LogP contribution in [0.4, 0.5) is 0 Å². The topological polar surface area (TPSA) is 72.8 Å². The highest BCUT2D eigenvalue weighted by atomic mass is 16.6. The van der Waals surface area contributed by atoms with Crippen molar-refractivity contribution in [1.82, 2.24) is 0 Å². The van der Waals surface area contributed by atoms with Crippen molar-refractivity contribution >= 4 is 11.9 Å². The molecule has 5 nitrogen and oxygen atoms in total. The molecule has 0 aliphatic heterocycles. The summed E-state index contributed by atoms with van der Waals surface area (Å²) in [5.41, 5.74) is 0. The number of allylic oxidation sites excluding steroid dienone is 18. The molecular formula is C77H134O5. The summed E-state index contributed by atoms with van der Waals surface area (Å²) in [6.45, 7) is 3.95. The Bertz CT molecular complexity index is 1570. The molecule has 0 amide bonds. The first-order valence-electron chi connectivity index (χ1n) is 35.4. The number of aliphatic hydroxyl groups is 1. The molecule has 0 radical (unpaired) electrons. The molecule has 0 fully saturated rings. The first-order chi connectivity index (χ1) is 40.6. The van der Waals surface area contributed by atoms with Crippen LogP contribution in [-0.4, -0.2) is 36.4 Å². The standard InChI is InChI=1S/C77H134O5/c1-3-5-7-9-11-13-15-17-19-21-23-25-27-29-31-33-35-36-37-38-39-40-42-43-45-47-49-51-53-55-57-59-61-63-65-67-69-71-76(79)81-74-75(73-78)82-77(80)72-70-68-66-64-62-60-58-56-54-52-50-48-46-44-41-34-32-30-28-26-24-22-20-18-16-14-12-10-8-6-4-2/h5-8,11-14,17-20,23-26,30,32,75,78H,3-4,9-10,15-16,21-22,27-29,31,33-74H2,1-2H3/b7-5-,8-6-,13-11-,14-12-,19-17-,20-18-,25-23-,26-24-,32-30-. The number of carbonyl (C=O) groups is 2. The Balaban J connectivity index is 3.42. The van der Waals surface area contributed by atoms with Crippen LogP contribution in [0.2, 0.25) is 0 Å². The van der Waals surface area contributed by atoms with Crippen LogP contribution >= 0.6 is 0 Å². The summed E-state index contributed by atoms with van der Waals surface area (Å²) in [4.78, 5) is 24.7.